The van der Waals surface area contributed by atoms with Crippen molar-refractivity contribution in [1.82, 2.24) is 4.98 Å². The Kier molecular flexibility index (Phi) is 3.31. The van der Waals surface area contributed by atoms with Crippen molar-refractivity contribution in [3.8, 4) is 0 Å². The monoisotopic (exact) mass is 268 g/mol. The van der Waals surface area contributed by atoms with Crippen LogP contribution in [0.1, 0.15) is 16.1 Å². The molecule has 2 aromatic rings. The third-order valence-corrected chi connectivity index (χ3v) is 3.31. The van der Waals surface area contributed by atoms with E-state index >= 15 is 0 Å². The summed E-state index contributed by atoms with van der Waals surface area (Å²) >= 11 is 7.22. The predicted octanol–water partition coefficient (Wildman–Crippen LogP) is 3.55. The van der Waals surface area contributed by atoms with Gasteiger partial charge in [-0.15, -0.1) is 11.3 Å². The standard InChI is InChI=1S/C11H9ClN2O2S/c1-6-2-3-7(4-8(6)12)13-11-14-9(5-17-11)10(15)16/h2-5H,1H3,(H,13,14)(H,15,16). The molecule has 0 saturated carbocycles. The Morgan fingerprint density at radius 2 is 2.29 bits per heavy atom. The molecule has 1 aromatic heterocycles. The number of nitrogens with zero attached hydrogens (tertiary/aromatic N) is 1. The van der Waals surface area contributed by atoms with Gasteiger partial charge in [0.05, 0.1) is 0 Å². The Labute approximate surface area is 107 Å². The van der Waals surface area contributed by atoms with Gasteiger partial charge in [0.15, 0.2) is 10.8 Å². The molecular weight excluding hydrogens is 260 g/mol. The van der Waals surface area contributed by atoms with E-state index in [9.17, 15) is 4.79 Å². The number of carboxylic acid groups (broad SMARTS) is 1. The van der Waals surface area contributed by atoms with Gasteiger partial charge in [0.2, 0.25) is 0 Å². The summed E-state index contributed by atoms with van der Waals surface area (Å²) in [6.07, 6.45) is 0. The zero-order valence-corrected chi connectivity index (χ0v) is 10.5. The first-order valence-corrected chi connectivity index (χ1v) is 6.04. The van der Waals surface area contributed by atoms with Crippen LogP contribution in [0.15, 0.2) is 23.6 Å². The summed E-state index contributed by atoms with van der Waals surface area (Å²) in [4.78, 5) is 14.6. The zero-order chi connectivity index (χ0) is 12.4. The number of aryl methyl sites for hydroxylation is 1. The molecule has 0 aliphatic heterocycles. The lowest BCUT2D eigenvalue weighted by molar-refractivity contribution is 0.0691. The van der Waals surface area contributed by atoms with E-state index in [0.29, 0.717) is 10.2 Å². The van der Waals surface area contributed by atoms with Crippen LogP contribution in [0.3, 0.4) is 0 Å². The van der Waals surface area contributed by atoms with Crippen LogP contribution in [0.25, 0.3) is 0 Å². The van der Waals surface area contributed by atoms with Gasteiger partial charge in [-0.1, -0.05) is 17.7 Å². The molecule has 2 N–H and O–H groups in total. The Morgan fingerprint density at radius 1 is 1.53 bits per heavy atom. The van der Waals surface area contributed by atoms with Crippen molar-refractivity contribution in [2.75, 3.05) is 5.32 Å². The lowest BCUT2D eigenvalue weighted by atomic mass is 10.2. The largest absolute Gasteiger partial charge is 0.476 e. The minimum absolute atomic E-state index is 0.0377. The van der Waals surface area contributed by atoms with Crippen LogP contribution in [0.4, 0.5) is 10.8 Å². The fourth-order valence-electron chi connectivity index (χ4n) is 1.22. The molecule has 0 radical (unpaired) electrons. The molecule has 0 spiro atoms. The topological polar surface area (TPSA) is 62.2 Å². The van der Waals surface area contributed by atoms with Gasteiger partial charge in [0.25, 0.3) is 0 Å². The number of carboxylic acids is 1. The van der Waals surface area contributed by atoms with Gasteiger partial charge in [0, 0.05) is 16.1 Å². The third kappa shape index (κ3) is 2.75. The lowest BCUT2D eigenvalue weighted by Crippen LogP contribution is -1.97. The first-order valence-electron chi connectivity index (χ1n) is 4.78. The van der Waals surface area contributed by atoms with Crippen LogP contribution in [0.5, 0.6) is 0 Å². The van der Waals surface area contributed by atoms with Crippen molar-refractivity contribution in [2.24, 2.45) is 0 Å². The molecule has 0 atom stereocenters. The maximum absolute atomic E-state index is 10.7. The van der Waals surface area contributed by atoms with E-state index in [2.05, 4.69) is 10.3 Å². The summed E-state index contributed by atoms with van der Waals surface area (Å²) in [5, 5.41) is 14.4. The average Bonchev–Trinajstić information content (AvgIpc) is 2.72. The second-order valence-electron chi connectivity index (χ2n) is 3.43. The minimum Gasteiger partial charge on any atom is -0.476 e. The zero-order valence-electron chi connectivity index (χ0n) is 8.90. The van der Waals surface area contributed by atoms with Crippen molar-refractivity contribution in [2.45, 2.75) is 6.92 Å². The molecule has 1 aromatic carbocycles. The number of carbonyl (C=O) groups is 1. The van der Waals surface area contributed by atoms with E-state index < -0.39 is 5.97 Å². The molecule has 1 heterocycles. The van der Waals surface area contributed by atoms with Crippen molar-refractivity contribution < 1.29 is 9.90 Å². The van der Waals surface area contributed by atoms with Gasteiger partial charge in [-0.3, -0.25) is 0 Å². The summed E-state index contributed by atoms with van der Waals surface area (Å²) < 4.78 is 0. The van der Waals surface area contributed by atoms with Crippen LogP contribution in [0, 0.1) is 6.92 Å². The summed E-state index contributed by atoms with van der Waals surface area (Å²) in [7, 11) is 0. The highest BCUT2D eigenvalue weighted by Crippen LogP contribution is 2.25. The van der Waals surface area contributed by atoms with Gasteiger partial charge >= 0.3 is 5.97 Å². The molecule has 0 amide bonds. The number of aromatic carboxylic acids is 1. The van der Waals surface area contributed by atoms with Crippen LogP contribution < -0.4 is 5.32 Å². The molecular formula is C11H9ClN2O2S. The Morgan fingerprint density at radius 3 is 2.88 bits per heavy atom. The maximum Gasteiger partial charge on any atom is 0.355 e. The normalized spacial score (nSPS) is 10.2. The van der Waals surface area contributed by atoms with Crippen LogP contribution in [-0.2, 0) is 0 Å². The highest BCUT2D eigenvalue weighted by molar-refractivity contribution is 7.14. The summed E-state index contributed by atoms with van der Waals surface area (Å²) in [5.74, 6) is -1.03. The predicted molar refractivity (Wildman–Crippen MR) is 68.5 cm³/mol. The molecule has 88 valence electrons. The quantitative estimate of drug-likeness (QED) is 0.894. The number of halogens is 1. The SMILES string of the molecule is Cc1ccc(Nc2nc(C(=O)O)cs2)cc1Cl. The van der Waals surface area contributed by atoms with Gasteiger partial charge in [-0.05, 0) is 24.6 Å². The van der Waals surface area contributed by atoms with Crippen LogP contribution in [0.2, 0.25) is 5.02 Å². The van der Waals surface area contributed by atoms with Crippen LogP contribution >= 0.6 is 22.9 Å². The highest BCUT2D eigenvalue weighted by Gasteiger charge is 2.08. The number of rotatable bonds is 3. The van der Waals surface area contributed by atoms with Gasteiger partial charge in [-0.25, -0.2) is 9.78 Å². The van der Waals surface area contributed by atoms with Crippen molar-refractivity contribution in [3.05, 3.63) is 39.9 Å². The number of thiazole rings is 1. The number of anilines is 2. The first-order chi connectivity index (χ1) is 8.06. The van der Waals surface area contributed by atoms with E-state index in [1.54, 1.807) is 6.07 Å². The second-order valence-corrected chi connectivity index (χ2v) is 4.70. The molecule has 0 fully saturated rings. The molecule has 6 heteroatoms. The number of nitrogens with one attached hydrogen (secondary N) is 1. The van der Waals surface area contributed by atoms with E-state index in [1.807, 2.05) is 19.1 Å². The molecule has 0 unspecified atom stereocenters. The number of benzene rings is 1. The number of hydrogen-bond acceptors (Lipinski definition) is 4. The summed E-state index contributed by atoms with van der Waals surface area (Å²) in [6, 6.07) is 5.53. The second kappa shape index (κ2) is 4.73. The van der Waals surface area contributed by atoms with Crippen molar-refractivity contribution >= 4 is 39.7 Å². The van der Waals surface area contributed by atoms with Crippen molar-refractivity contribution in [3.63, 3.8) is 0 Å². The Bertz CT molecular complexity index is 568. The number of aromatic nitrogens is 1. The summed E-state index contributed by atoms with van der Waals surface area (Å²) in [5.41, 5.74) is 1.81. The molecule has 4 nitrogen and oxygen atoms in total. The van der Waals surface area contributed by atoms with Gasteiger partial charge in [-0.2, -0.15) is 0 Å². The molecule has 0 bridgehead atoms. The first kappa shape index (κ1) is 11.9. The fraction of sp³-hybridized carbons (Fsp3) is 0.0909. The van der Waals surface area contributed by atoms with Crippen molar-refractivity contribution in [1.29, 1.82) is 0 Å². The minimum atomic E-state index is -1.03. The van der Waals surface area contributed by atoms with E-state index in [-0.39, 0.29) is 5.69 Å². The smallest absolute Gasteiger partial charge is 0.355 e. The maximum atomic E-state index is 10.7. The van der Waals surface area contributed by atoms with E-state index in [1.165, 1.54) is 16.7 Å². The molecule has 17 heavy (non-hydrogen) atoms. The Balaban J connectivity index is 2.19. The lowest BCUT2D eigenvalue weighted by Gasteiger charge is -2.04. The molecule has 2 rings (SSSR count). The highest BCUT2D eigenvalue weighted by atomic mass is 35.5. The van der Waals surface area contributed by atoms with Gasteiger partial charge < -0.3 is 10.4 Å². The molecule has 0 aliphatic carbocycles. The van der Waals surface area contributed by atoms with E-state index in [0.717, 1.165) is 11.3 Å². The van der Waals surface area contributed by atoms with Gasteiger partial charge in [0.1, 0.15) is 0 Å². The fourth-order valence-corrected chi connectivity index (χ4v) is 2.11. The Hall–Kier alpha value is -1.59. The van der Waals surface area contributed by atoms with Crippen LogP contribution in [-0.4, -0.2) is 16.1 Å². The molecule has 0 aliphatic rings. The number of hydrogen-bond donors (Lipinski definition) is 2. The van der Waals surface area contributed by atoms with E-state index in [4.69, 9.17) is 16.7 Å². The summed E-state index contributed by atoms with van der Waals surface area (Å²) in [6.45, 7) is 1.91. The average molecular weight is 269 g/mol. The third-order valence-electron chi connectivity index (χ3n) is 2.15. The molecule has 0 saturated heterocycles.